The van der Waals surface area contributed by atoms with Crippen molar-refractivity contribution in [3.8, 4) is 0 Å². The number of nitrogens with zero attached hydrogens (tertiary/aromatic N) is 3. The highest BCUT2D eigenvalue weighted by atomic mass is 16.2. The van der Waals surface area contributed by atoms with Crippen LogP contribution in [0.25, 0.3) is 0 Å². The van der Waals surface area contributed by atoms with Crippen molar-refractivity contribution in [2.24, 2.45) is 5.92 Å². The second-order valence-electron chi connectivity index (χ2n) is 6.39. The van der Waals surface area contributed by atoms with Crippen LogP contribution in [0.3, 0.4) is 0 Å². The van der Waals surface area contributed by atoms with Gasteiger partial charge < -0.3 is 10.2 Å². The molecule has 0 atom stereocenters. The average molecular weight is 291 g/mol. The summed E-state index contributed by atoms with van der Waals surface area (Å²) in [5.74, 6) is 0.485. The van der Waals surface area contributed by atoms with Crippen molar-refractivity contribution in [2.45, 2.75) is 51.5 Å². The molecule has 3 rings (SSSR count). The molecular weight excluding hydrogens is 266 g/mol. The zero-order chi connectivity index (χ0) is 14.7. The van der Waals surface area contributed by atoms with Gasteiger partial charge in [-0.25, -0.2) is 0 Å². The van der Waals surface area contributed by atoms with Crippen molar-refractivity contribution in [1.82, 2.24) is 25.6 Å². The van der Waals surface area contributed by atoms with Gasteiger partial charge in [-0.2, -0.15) is 15.4 Å². The number of hydrogen-bond acceptors (Lipinski definition) is 4. The summed E-state index contributed by atoms with van der Waals surface area (Å²) in [7, 11) is 0. The van der Waals surface area contributed by atoms with Crippen LogP contribution in [-0.4, -0.2) is 51.9 Å². The third kappa shape index (κ3) is 3.43. The number of H-pyrrole nitrogens is 1. The van der Waals surface area contributed by atoms with Gasteiger partial charge in [0, 0.05) is 12.6 Å². The minimum absolute atomic E-state index is 0.112. The fraction of sp³-hybridized carbons (Fsp3) is 0.800. The van der Waals surface area contributed by atoms with Gasteiger partial charge >= 0.3 is 0 Å². The number of carbonyl (C=O) groups is 1. The number of nitrogens with one attached hydrogen (secondary N) is 2. The van der Waals surface area contributed by atoms with E-state index in [1.807, 2.05) is 0 Å². The van der Waals surface area contributed by atoms with E-state index in [1.165, 1.54) is 51.6 Å². The summed E-state index contributed by atoms with van der Waals surface area (Å²) in [6.45, 7) is 4.92. The van der Waals surface area contributed by atoms with Crippen LogP contribution in [0.1, 0.15) is 54.7 Å². The van der Waals surface area contributed by atoms with E-state index in [-0.39, 0.29) is 5.91 Å². The molecule has 0 bridgehead atoms. The molecule has 1 saturated heterocycles. The molecule has 6 heteroatoms. The second-order valence-corrected chi connectivity index (χ2v) is 6.39. The van der Waals surface area contributed by atoms with Crippen LogP contribution in [0.5, 0.6) is 0 Å². The summed E-state index contributed by atoms with van der Waals surface area (Å²) in [6.07, 6.45) is 7.94. The van der Waals surface area contributed by atoms with Gasteiger partial charge in [0.25, 0.3) is 5.91 Å². The van der Waals surface area contributed by atoms with Gasteiger partial charge in [-0.15, -0.1) is 0 Å². The zero-order valence-electron chi connectivity index (χ0n) is 12.8. The standard InChI is InChI=1S/C15H25N5O/c1-11-14(18-19-17-11)15(21)16-10-12-6-8-20(9-7-12)13-4-2-3-5-13/h12-13H,2-10H2,1H3,(H,16,21)(H,17,18,19). The van der Waals surface area contributed by atoms with Crippen molar-refractivity contribution in [2.75, 3.05) is 19.6 Å². The van der Waals surface area contributed by atoms with Crippen LogP contribution in [0.4, 0.5) is 0 Å². The maximum Gasteiger partial charge on any atom is 0.273 e. The topological polar surface area (TPSA) is 73.9 Å². The van der Waals surface area contributed by atoms with E-state index < -0.39 is 0 Å². The first-order valence-corrected chi connectivity index (χ1v) is 8.13. The molecular formula is C15H25N5O. The first-order valence-electron chi connectivity index (χ1n) is 8.13. The van der Waals surface area contributed by atoms with Crippen molar-refractivity contribution in [1.29, 1.82) is 0 Å². The number of amides is 1. The molecule has 0 radical (unpaired) electrons. The first-order chi connectivity index (χ1) is 10.2. The Bertz CT molecular complexity index is 472. The van der Waals surface area contributed by atoms with Gasteiger partial charge in [0.2, 0.25) is 0 Å². The Hall–Kier alpha value is -1.43. The number of aromatic nitrogens is 3. The Labute approximate surface area is 125 Å². The van der Waals surface area contributed by atoms with Gasteiger partial charge in [-0.05, 0) is 51.6 Å². The van der Waals surface area contributed by atoms with Crippen LogP contribution in [-0.2, 0) is 0 Å². The first kappa shape index (κ1) is 14.5. The molecule has 2 N–H and O–H groups in total. The molecule has 1 aliphatic carbocycles. The molecule has 2 aliphatic rings. The van der Waals surface area contributed by atoms with E-state index in [9.17, 15) is 4.79 Å². The van der Waals surface area contributed by atoms with Crippen molar-refractivity contribution >= 4 is 5.91 Å². The number of aromatic amines is 1. The quantitative estimate of drug-likeness (QED) is 0.881. The minimum atomic E-state index is -0.112. The second kappa shape index (κ2) is 6.56. The van der Waals surface area contributed by atoms with E-state index in [4.69, 9.17) is 0 Å². The molecule has 0 unspecified atom stereocenters. The summed E-state index contributed by atoms with van der Waals surface area (Å²) in [4.78, 5) is 14.7. The lowest BCUT2D eigenvalue weighted by Crippen LogP contribution is -2.42. The molecule has 21 heavy (non-hydrogen) atoms. The van der Waals surface area contributed by atoms with Crippen LogP contribution in [0, 0.1) is 12.8 Å². The van der Waals surface area contributed by atoms with Gasteiger partial charge in [-0.1, -0.05) is 12.8 Å². The Kier molecular flexibility index (Phi) is 4.53. The zero-order valence-corrected chi connectivity index (χ0v) is 12.8. The number of hydrogen-bond donors (Lipinski definition) is 2. The lowest BCUT2D eigenvalue weighted by atomic mass is 9.95. The van der Waals surface area contributed by atoms with Crippen LogP contribution >= 0.6 is 0 Å². The summed E-state index contributed by atoms with van der Waals surface area (Å²) in [6, 6.07) is 0.832. The number of likely N-dealkylation sites (tertiary alicyclic amines) is 1. The highest BCUT2D eigenvalue weighted by Gasteiger charge is 2.27. The number of rotatable bonds is 4. The van der Waals surface area contributed by atoms with Crippen molar-refractivity contribution < 1.29 is 4.79 Å². The van der Waals surface area contributed by atoms with Crippen molar-refractivity contribution in [3.63, 3.8) is 0 Å². The largest absolute Gasteiger partial charge is 0.350 e. The van der Waals surface area contributed by atoms with Crippen LogP contribution in [0.2, 0.25) is 0 Å². The summed E-state index contributed by atoms with van der Waals surface area (Å²) >= 11 is 0. The van der Waals surface area contributed by atoms with Crippen molar-refractivity contribution in [3.05, 3.63) is 11.4 Å². The molecule has 1 aromatic rings. The molecule has 2 heterocycles. The van der Waals surface area contributed by atoms with Gasteiger partial charge in [0.1, 0.15) is 0 Å². The molecule has 2 fully saturated rings. The molecule has 0 aromatic carbocycles. The van der Waals surface area contributed by atoms with E-state index in [0.717, 1.165) is 12.6 Å². The fourth-order valence-electron chi connectivity index (χ4n) is 3.61. The van der Waals surface area contributed by atoms with Gasteiger partial charge in [0.05, 0.1) is 5.69 Å². The predicted molar refractivity (Wildman–Crippen MR) is 80.0 cm³/mol. The summed E-state index contributed by atoms with van der Waals surface area (Å²) in [5.41, 5.74) is 1.07. The average Bonchev–Trinajstić information content (AvgIpc) is 3.16. The van der Waals surface area contributed by atoms with Crippen LogP contribution < -0.4 is 5.32 Å². The van der Waals surface area contributed by atoms with E-state index in [0.29, 0.717) is 17.3 Å². The van der Waals surface area contributed by atoms with E-state index in [2.05, 4.69) is 25.6 Å². The Balaban J connectivity index is 1.41. The Morgan fingerprint density at radius 1 is 1.24 bits per heavy atom. The fourth-order valence-corrected chi connectivity index (χ4v) is 3.61. The summed E-state index contributed by atoms with van der Waals surface area (Å²) < 4.78 is 0. The predicted octanol–water partition coefficient (Wildman–Crippen LogP) is 1.50. The third-order valence-electron chi connectivity index (χ3n) is 4.98. The minimum Gasteiger partial charge on any atom is -0.350 e. The summed E-state index contributed by atoms with van der Waals surface area (Å²) in [5, 5.41) is 13.3. The number of carbonyl (C=O) groups excluding carboxylic acids is 1. The normalized spacial score (nSPS) is 21.8. The smallest absolute Gasteiger partial charge is 0.273 e. The van der Waals surface area contributed by atoms with Gasteiger partial charge in [-0.3, -0.25) is 4.79 Å². The molecule has 116 valence electrons. The maximum absolute atomic E-state index is 12.0. The molecule has 1 aromatic heterocycles. The molecule has 0 spiro atoms. The Morgan fingerprint density at radius 2 is 1.95 bits per heavy atom. The Morgan fingerprint density at radius 3 is 2.57 bits per heavy atom. The monoisotopic (exact) mass is 291 g/mol. The lowest BCUT2D eigenvalue weighted by Gasteiger charge is -2.36. The van der Waals surface area contributed by atoms with E-state index in [1.54, 1.807) is 6.92 Å². The van der Waals surface area contributed by atoms with E-state index >= 15 is 0 Å². The lowest BCUT2D eigenvalue weighted by molar-refractivity contribution is 0.0919. The van der Waals surface area contributed by atoms with Crippen LogP contribution in [0.15, 0.2) is 0 Å². The van der Waals surface area contributed by atoms with Gasteiger partial charge in [0.15, 0.2) is 5.69 Å². The molecule has 1 amide bonds. The highest BCUT2D eigenvalue weighted by molar-refractivity contribution is 5.93. The number of piperidine rings is 1. The molecule has 1 aliphatic heterocycles. The maximum atomic E-state index is 12.0. The SMILES string of the molecule is Cc1n[nH]nc1C(=O)NCC1CCN(C2CCCC2)CC1. The number of aryl methyl sites for hydroxylation is 1. The molecule has 6 nitrogen and oxygen atoms in total. The highest BCUT2D eigenvalue weighted by Crippen LogP contribution is 2.27. The third-order valence-corrected chi connectivity index (χ3v) is 4.98. The molecule has 1 saturated carbocycles.